The van der Waals surface area contributed by atoms with E-state index in [0.29, 0.717) is 17.4 Å². The highest BCUT2D eigenvalue weighted by Crippen LogP contribution is 2.43. The summed E-state index contributed by atoms with van der Waals surface area (Å²) in [5, 5.41) is 13.8. The zero-order valence-corrected chi connectivity index (χ0v) is 47.2. The maximum Gasteiger partial charge on any atom is 0.472 e. The predicted molar refractivity (Wildman–Crippen MR) is 313 cm³/mol. The molecule has 0 aliphatic heterocycles. The highest BCUT2D eigenvalue weighted by Gasteiger charge is 2.27. The lowest BCUT2D eigenvalue weighted by Gasteiger charge is -2.25. The highest BCUT2D eigenvalue weighted by molar-refractivity contribution is 7.47. The van der Waals surface area contributed by atoms with Crippen molar-refractivity contribution in [2.24, 2.45) is 0 Å². The Morgan fingerprint density at radius 1 is 0.486 bits per heavy atom. The molecule has 0 spiro atoms. The molecule has 8 nitrogen and oxygen atoms in total. The number of phosphoric ester groups is 1. The first kappa shape index (κ1) is 68.4. The van der Waals surface area contributed by atoms with Crippen LogP contribution >= 0.6 is 7.82 Å². The Morgan fingerprint density at radius 2 is 0.847 bits per heavy atom. The van der Waals surface area contributed by atoms with E-state index >= 15 is 0 Å². The molecule has 72 heavy (non-hydrogen) atoms. The third kappa shape index (κ3) is 54.2. The largest absolute Gasteiger partial charge is 0.472 e. The number of carbonyl (C=O) groups excluding carboxylic acids is 1. The minimum Gasteiger partial charge on any atom is -0.387 e. The van der Waals surface area contributed by atoms with E-state index in [0.717, 1.165) is 116 Å². The van der Waals surface area contributed by atoms with Gasteiger partial charge in [0.1, 0.15) is 13.2 Å². The summed E-state index contributed by atoms with van der Waals surface area (Å²) >= 11 is 0. The molecule has 9 heteroatoms. The molecule has 3 unspecified atom stereocenters. The van der Waals surface area contributed by atoms with E-state index in [1.807, 2.05) is 27.2 Å². The van der Waals surface area contributed by atoms with Crippen LogP contribution < -0.4 is 5.32 Å². The van der Waals surface area contributed by atoms with Gasteiger partial charge in [-0.25, -0.2) is 4.57 Å². The van der Waals surface area contributed by atoms with Gasteiger partial charge in [-0.05, 0) is 109 Å². The lowest BCUT2D eigenvalue weighted by molar-refractivity contribution is -0.870. The van der Waals surface area contributed by atoms with E-state index in [1.165, 1.54) is 57.8 Å². The van der Waals surface area contributed by atoms with Gasteiger partial charge in [0.2, 0.25) is 5.91 Å². The van der Waals surface area contributed by atoms with Crippen LogP contribution in [0.3, 0.4) is 0 Å². The fraction of sp³-hybridized carbons (Fsp3) is 0.603. The van der Waals surface area contributed by atoms with Crippen LogP contribution in [-0.2, 0) is 18.4 Å². The topological polar surface area (TPSA) is 105 Å². The number of amides is 1. The minimum absolute atomic E-state index is 0.0468. The highest BCUT2D eigenvalue weighted by atomic mass is 31.2. The number of allylic oxidation sites excluding steroid dienone is 23. The Balaban J connectivity index is 4.13. The van der Waals surface area contributed by atoms with Crippen LogP contribution in [0.25, 0.3) is 0 Å². The molecule has 0 fully saturated rings. The first-order valence-electron chi connectivity index (χ1n) is 28.2. The number of quaternary nitrogens is 1. The van der Waals surface area contributed by atoms with Crippen molar-refractivity contribution in [2.75, 3.05) is 40.9 Å². The van der Waals surface area contributed by atoms with Gasteiger partial charge >= 0.3 is 7.82 Å². The van der Waals surface area contributed by atoms with Crippen LogP contribution in [-0.4, -0.2) is 73.4 Å². The van der Waals surface area contributed by atoms with Crippen LogP contribution in [0.5, 0.6) is 0 Å². The molecule has 0 radical (unpaired) electrons. The Morgan fingerprint density at radius 3 is 1.28 bits per heavy atom. The number of unbranched alkanes of at least 4 members (excludes halogenated alkanes) is 14. The molecule has 0 saturated heterocycles. The molecule has 1 amide bonds. The number of phosphoric acid groups is 1. The number of carbonyl (C=O) groups is 1. The van der Waals surface area contributed by atoms with Gasteiger partial charge in [-0.15, -0.1) is 0 Å². The molecular weight excluding hydrogens is 912 g/mol. The van der Waals surface area contributed by atoms with Gasteiger partial charge in [0.25, 0.3) is 0 Å². The molecule has 408 valence electrons. The number of hydrogen-bond donors (Lipinski definition) is 3. The lowest BCUT2D eigenvalue weighted by atomic mass is 10.1. The molecule has 0 aliphatic carbocycles. The quantitative estimate of drug-likeness (QED) is 0.0243. The number of nitrogens with zero attached hydrogens (tertiary/aromatic N) is 1. The molecule has 3 N–H and O–H groups in total. The molecule has 0 rings (SSSR count). The summed E-state index contributed by atoms with van der Waals surface area (Å²) in [7, 11) is 1.52. The zero-order chi connectivity index (χ0) is 52.7. The molecule has 0 aromatic carbocycles. The minimum atomic E-state index is -4.36. The monoisotopic (exact) mass is 1020 g/mol. The van der Waals surface area contributed by atoms with E-state index in [4.69, 9.17) is 9.05 Å². The van der Waals surface area contributed by atoms with Crippen molar-refractivity contribution in [3.05, 3.63) is 146 Å². The van der Waals surface area contributed by atoms with Gasteiger partial charge in [-0.3, -0.25) is 13.8 Å². The van der Waals surface area contributed by atoms with Gasteiger partial charge in [0.15, 0.2) is 0 Å². The van der Waals surface area contributed by atoms with Crippen molar-refractivity contribution < 1.29 is 32.9 Å². The lowest BCUT2D eigenvalue weighted by Crippen LogP contribution is -2.45. The van der Waals surface area contributed by atoms with Crippen molar-refractivity contribution in [3.63, 3.8) is 0 Å². The summed E-state index contributed by atoms with van der Waals surface area (Å²) in [5.74, 6) is -0.204. The van der Waals surface area contributed by atoms with Crippen molar-refractivity contribution in [2.45, 2.75) is 206 Å². The zero-order valence-electron chi connectivity index (χ0n) is 46.4. The third-order valence-corrected chi connectivity index (χ3v) is 12.5. The second-order valence-electron chi connectivity index (χ2n) is 19.6. The van der Waals surface area contributed by atoms with E-state index in [2.05, 4.69) is 153 Å². The number of rotatable bonds is 49. The molecule has 0 aromatic heterocycles. The van der Waals surface area contributed by atoms with Crippen LogP contribution in [0.1, 0.15) is 194 Å². The Kier molecular flexibility index (Phi) is 49.6. The summed E-state index contributed by atoms with van der Waals surface area (Å²) in [6, 6.07) is -0.877. The number of hydrogen-bond acceptors (Lipinski definition) is 5. The van der Waals surface area contributed by atoms with Crippen LogP contribution in [0.2, 0.25) is 0 Å². The van der Waals surface area contributed by atoms with Crippen molar-refractivity contribution in [1.82, 2.24) is 5.32 Å². The maximum atomic E-state index is 12.9. The van der Waals surface area contributed by atoms with Crippen molar-refractivity contribution in [1.29, 1.82) is 0 Å². The molecule has 0 saturated carbocycles. The number of likely N-dealkylation sites (N-methyl/N-ethyl adjacent to an activating group) is 1. The van der Waals surface area contributed by atoms with Gasteiger partial charge in [-0.1, -0.05) is 224 Å². The SMILES string of the molecule is CC/C=C\C/C=C\C/C=C\C/C=C\C/C=C\C/C=C\C/C=C\C/C=C\C/C=C\C/C=C\CCCCCCCCCCC(=O)NC(COP(=O)(O)OCC[N+](C)(C)C)C(O)/C=C/CC/C=C/CCCCCCC. The van der Waals surface area contributed by atoms with Crippen LogP contribution in [0.15, 0.2) is 146 Å². The summed E-state index contributed by atoms with van der Waals surface area (Å²) in [5.41, 5.74) is 0. The fourth-order valence-electron chi connectivity index (χ4n) is 7.14. The third-order valence-electron chi connectivity index (χ3n) is 11.5. The smallest absolute Gasteiger partial charge is 0.387 e. The van der Waals surface area contributed by atoms with Crippen molar-refractivity contribution >= 4 is 13.7 Å². The summed E-state index contributed by atoms with van der Waals surface area (Å²) in [6.07, 6.45) is 81.0. The van der Waals surface area contributed by atoms with E-state index in [9.17, 15) is 19.4 Å². The molecule has 0 aromatic rings. The Bertz CT molecular complexity index is 1670. The predicted octanol–water partition coefficient (Wildman–Crippen LogP) is 17.3. The van der Waals surface area contributed by atoms with E-state index in [-0.39, 0.29) is 19.1 Å². The van der Waals surface area contributed by atoms with E-state index in [1.54, 1.807) is 6.08 Å². The van der Waals surface area contributed by atoms with Gasteiger partial charge in [-0.2, -0.15) is 0 Å². The van der Waals surface area contributed by atoms with Gasteiger partial charge in [0, 0.05) is 6.42 Å². The number of aliphatic hydroxyl groups is 1. The average Bonchev–Trinajstić information content (AvgIpc) is 3.34. The summed E-state index contributed by atoms with van der Waals surface area (Å²) < 4.78 is 23.6. The number of nitrogens with one attached hydrogen (secondary N) is 1. The number of aliphatic hydroxyl groups excluding tert-OH is 1. The maximum absolute atomic E-state index is 12.9. The van der Waals surface area contributed by atoms with E-state index < -0.39 is 20.0 Å². The molecule has 0 bridgehead atoms. The summed E-state index contributed by atoms with van der Waals surface area (Å²) in [4.78, 5) is 23.2. The normalized spacial score (nSPS) is 15.0. The second kappa shape index (κ2) is 52.3. The standard InChI is InChI=1S/C63H105N2O6P/c1-6-8-10-12-14-16-18-19-20-21-22-23-24-25-26-27-28-29-30-31-32-33-34-35-36-37-38-39-40-41-42-43-44-45-47-49-51-53-55-57-63(67)64-61(60-71-72(68,69)70-59-58-65(3,4)5)62(66)56-54-52-50-48-46-17-15-13-11-9-7-2/h8,10,14,16,19-20,22-23,25-26,28-29,31-32,34-35,37-38,40-41,46,48,54,56,61-62,66H,6-7,9,11-13,15,17-18,21,24,27,30,33,36,39,42-45,47,49-53,55,57-60H2,1-5H3,(H-,64,67,68,69)/p+1/b10-8-,16-14-,20-19-,23-22-,26-25-,29-28-,32-31-,35-34-,38-37-,41-40-,48-46+,56-54+. The Hall–Kier alpha value is -3.62. The van der Waals surface area contributed by atoms with Crippen LogP contribution in [0.4, 0.5) is 0 Å². The van der Waals surface area contributed by atoms with Gasteiger partial charge < -0.3 is 19.8 Å². The van der Waals surface area contributed by atoms with Gasteiger partial charge in [0.05, 0.1) is 39.9 Å². The first-order valence-corrected chi connectivity index (χ1v) is 29.7. The van der Waals surface area contributed by atoms with Crippen molar-refractivity contribution in [3.8, 4) is 0 Å². The molecule has 0 aliphatic rings. The molecule has 0 heterocycles. The molecule has 3 atom stereocenters. The Labute approximate surface area is 442 Å². The second-order valence-corrected chi connectivity index (χ2v) is 21.0. The fourth-order valence-corrected chi connectivity index (χ4v) is 7.88. The average molecular weight is 1020 g/mol. The summed E-state index contributed by atoms with van der Waals surface area (Å²) in [6.45, 7) is 4.62. The first-order chi connectivity index (χ1) is 35.0. The van der Waals surface area contributed by atoms with Crippen LogP contribution in [0, 0.1) is 0 Å². The molecular formula is C63H106N2O6P+.